The normalized spacial score (nSPS) is 28.6. The summed E-state index contributed by atoms with van der Waals surface area (Å²) >= 11 is 1.25. The molecular weight excluding hydrogens is 424 g/mol. The molecule has 7 heteroatoms. The fraction of sp³-hybridized carbons (Fsp3) is 0.600. The van der Waals surface area contributed by atoms with Crippen LogP contribution in [0.1, 0.15) is 85.7 Å². The third kappa shape index (κ3) is 4.94. The Hall–Kier alpha value is -2.12. The highest BCUT2D eigenvalue weighted by molar-refractivity contribution is 7.15. The number of carboxylic acid groups (broad SMARTS) is 1. The first-order valence-corrected chi connectivity index (χ1v) is 12.7. The minimum absolute atomic E-state index is 0.0559. The summed E-state index contributed by atoms with van der Waals surface area (Å²) in [6, 6.07) is 1.84. The van der Waals surface area contributed by atoms with E-state index >= 15 is 0 Å². The molecule has 3 aliphatic rings. The molecule has 0 radical (unpaired) electrons. The average molecular weight is 459 g/mol. The molecular formula is C25H34N2O4S. The Bertz CT molecular complexity index is 918. The minimum Gasteiger partial charge on any atom is -0.477 e. The van der Waals surface area contributed by atoms with E-state index in [0.29, 0.717) is 37.3 Å². The van der Waals surface area contributed by atoms with Crippen LogP contribution in [0.25, 0.3) is 5.57 Å². The second-order valence-corrected chi connectivity index (χ2v) is 10.7. The van der Waals surface area contributed by atoms with Gasteiger partial charge < -0.3 is 20.8 Å². The molecule has 0 saturated heterocycles. The zero-order chi connectivity index (χ0) is 22.8. The summed E-state index contributed by atoms with van der Waals surface area (Å²) < 4.78 is 0. The highest BCUT2D eigenvalue weighted by atomic mass is 32.1. The van der Waals surface area contributed by atoms with E-state index in [9.17, 15) is 19.8 Å². The van der Waals surface area contributed by atoms with E-state index in [1.54, 1.807) is 0 Å². The number of hydrogen-bond donors (Lipinski definition) is 3. The summed E-state index contributed by atoms with van der Waals surface area (Å²) in [6.45, 7) is 2.23. The van der Waals surface area contributed by atoms with Gasteiger partial charge in [0.2, 0.25) is 5.91 Å². The number of thiophene rings is 1. The standard InChI is InChI=1S/C25H34N2O4S/c1-15-2-4-17(5-3-15)24(29)27(19-10-12-20(28)13-11-19)21-14-22(32-23(21)25(30)31)16-6-8-18(26)9-7-16/h6,8,14-15,17,19-20,28H,2-5,7,9-13,26H2,1H3,(H,30,31). The molecule has 32 heavy (non-hydrogen) atoms. The largest absolute Gasteiger partial charge is 0.477 e. The Balaban J connectivity index is 1.71. The van der Waals surface area contributed by atoms with Crippen LogP contribution in [0.4, 0.5) is 5.69 Å². The van der Waals surface area contributed by atoms with E-state index < -0.39 is 5.97 Å². The van der Waals surface area contributed by atoms with Crippen molar-refractivity contribution in [1.82, 2.24) is 0 Å². The number of amides is 1. The van der Waals surface area contributed by atoms with Crippen molar-refractivity contribution in [2.24, 2.45) is 17.6 Å². The molecule has 1 amide bonds. The molecule has 4 N–H and O–H groups in total. The Morgan fingerprint density at radius 2 is 1.72 bits per heavy atom. The molecule has 1 heterocycles. The number of anilines is 1. The van der Waals surface area contributed by atoms with Gasteiger partial charge in [-0.25, -0.2) is 4.79 Å². The Labute approximate surface area is 193 Å². The van der Waals surface area contributed by atoms with Crippen LogP contribution in [0.3, 0.4) is 0 Å². The monoisotopic (exact) mass is 458 g/mol. The number of aliphatic hydroxyl groups is 1. The number of aliphatic hydroxyl groups excluding tert-OH is 1. The van der Waals surface area contributed by atoms with Gasteiger partial charge in [0.05, 0.1) is 11.8 Å². The van der Waals surface area contributed by atoms with Gasteiger partial charge in [-0.3, -0.25) is 4.79 Å². The Morgan fingerprint density at radius 3 is 2.31 bits per heavy atom. The Morgan fingerprint density at radius 1 is 1.03 bits per heavy atom. The van der Waals surface area contributed by atoms with Gasteiger partial charge in [0.1, 0.15) is 4.88 Å². The van der Waals surface area contributed by atoms with Crippen LogP contribution in [0.15, 0.2) is 23.9 Å². The summed E-state index contributed by atoms with van der Waals surface area (Å²) in [5, 5.41) is 20.0. The van der Waals surface area contributed by atoms with E-state index in [2.05, 4.69) is 6.92 Å². The fourth-order valence-electron chi connectivity index (χ4n) is 5.25. The third-order valence-corrected chi connectivity index (χ3v) is 8.49. The average Bonchev–Trinajstić information content (AvgIpc) is 3.21. The number of allylic oxidation sites excluding steroid dienone is 4. The molecule has 1 aromatic heterocycles. The van der Waals surface area contributed by atoms with Gasteiger partial charge in [-0.05, 0) is 87.8 Å². The van der Waals surface area contributed by atoms with Crippen LogP contribution < -0.4 is 10.6 Å². The van der Waals surface area contributed by atoms with Crippen molar-refractivity contribution in [3.8, 4) is 0 Å². The summed E-state index contributed by atoms with van der Waals surface area (Å²) in [7, 11) is 0. The number of hydrogen-bond acceptors (Lipinski definition) is 5. The maximum atomic E-state index is 13.8. The molecule has 0 aliphatic heterocycles. The summed E-state index contributed by atoms with van der Waals surface area (Å²) in [4.78, 5) is 29.0. The van der Waals surface area contributed by atoms with E-state index in [1.807, 2.05) is 23.1 Å². The number of carboxylic acids is 1. The number of rotatable bonds is 5. The predicted molar refractivity (Wildman–Crippen MR) is 128 cm³/mol. The van der Waals surface area contributed by atoms with Gasteiger partial charge in [-0.15, -0.1) is 11.3 Å². The Kier molecular flexibility index (Phi) is 7.05. The first-order chi connectivity index (χ1) is 15.3. The molecule has 1 aromatic rings. The zero-order valence-corrected chi connectivity index (χ0v) is 19.6. The predicted octanol–water partition coefficient (Wildman–Crippen LogP) is 4.93. The van der Waals surface area contributed by atoms with E-state index in [0.717, 1.165) is 54.7 Å². The summed E-state index contributed by atoms with van der Waals surface area (Å²) in [5.74, 6) is -0.349. The zero-order valence-electron chi connectivity index (χ0n) is 18.8. The lowest BCUT2D eigenvalue weighted by Crippen LogP contribution is -2.47. The molecule has 0 spiro atoms. The molecule has 3 aliphatic carbocycles. The smallest absolute Gasteiger partial charge is 0.348 e. The topological polar surface area (TPSA) is 104 Å². The van der Waals surface area contributed by atoms with Crippen LogP contribution in [0.5, 0.6) is 0 Å². The van der Waals surface area contributed by atoms with Crippen LogP contribution in [0, 0.1) is 11.8 Å². The maximum absolute atomic E-state index is 13.8. The van der Waals surface area contributed by atoms with Crippen molar-refractivity contribution in [3.63, 3.8) is 0 Å². The quantitative estimate of drug-likeness (QED) is 0.580. The minimum atomic E-state index is -0.992. The van der Waals surface area contributed by atoms with Crippen LogP contribution >= 0.6 is 11.3 Å². The lowest BCUT2D eigenvalue weighted by atomic mass is 9.81. The second kappa shape index (κ2) is 9.79. The number of carbonyl (C=O) groups is 2. The molecule has 0 bridgehead atoms. The van der Waals surface area contributed by atoms with Crippen LogP contribution in [-0.4, -0.2) is 34.2 Å². The van der Waals surface area contributed by atoms with Crippen molar-refractivity contribution in [1.29, 1.82) is 0 Å². The highest BCUT2D eigenvalue weighted by Gasteiger charge is 2.37. The van der Waals surface area contributed by atoms with Crippen LogP contribution in [0.2, 0.25) is 0 Å². The fourth-order valence-corrected chi connectivity index (χ4v) is 6.29. The van der Waals surface area contributed by atoms with E-state index in [-0.39, 0.29) is 28.8 Å². The van der Waals surface area contributed by atoms with Gasteiger partial charge >= 0.3 is 5.97 Å². The molecule has 174 valence electrons. The SMILES string of the molecule is CC1CCC(C(=O)N(c2cc(C3=CC=C(N)CC3)sc2C(=O)O)C2CCC(O)CC2)CC1. The number of carbonyl (C=O) groups excluding carboxylic acids is 1. The van der Waals surface area contributed by atoms with Gasteiger partial charge in [-0.2, -0.15) is 0 Å². The van der Waals surface area contributed by atoms with Crippen molar-refractivity contribution < 1.29 is 19.8 Å². The maximum Gasteiger partial charge on any atom is 0.348 e. The lowest BCUT2D eigenvalue weighted by molar-refractivity contribution is -0.124. The van der Waals surface area contributed by atoms with Gasteiger partial charge in [0.15, 0.2) is 0 Å². The molecule has 2 saturated carbocycles. The van der Waals surface area contributed by atoms with E-state index in [4.69, 9.17) is 5.73 Å². The molecule has 2 fully saturated rings. The third-order valence-electron chi connectivity index (χ3n) is 7.30. The first-order valence-electron chi connectivity index (χ1n) is 11.9. The van der Waals surface area contributed by atoms with Crippen LogP contribution in [-0.2, 0) is 4.79 Å². The van der Waals surface area contributed by atoms with Gasteiger partial charge in [0, 0.05) is 22.5 Å². The van der Waals surface area contributed by atoms with Gasteiger partial charge in [-0.1, -0.05) is 13.0 Å². The number of nitrogens with two attached hydrogens (primary N) is 1. The molecule has 0 unspecified atom stereocenters. The first kappa shape index (κ1) is 23.1. The summed E-state index contributed by atoms with van der Waals surface area (Å²) in [5.41, 5.74) is 8.33. The number of nitrogens with zero attached hydrogens (tertiary/aromatic N) is 1. The van der Waals surface area contributed by atoms with Crippen molar-refractivity contribution in [3.05, 3.63) is 33.7 Å². The molecule has 0 aromatic carbocycles. The van der Waals surface area contributed by atoms with Crippen molar-refractivity contribution in [2.45, 2.75) is 83.3 Å². The van der Waals surface area contributed by atoms with E-state index in [1.165, 1.54) is 11.3 Å². The molecule has 4 rings (SSSR count). The second-order valence-electron chi connectivity index (χ2n) is 9.69. The number of aromatic carboxylic acids is 1. The molecule has 0 atom stereocenters. The summed E-state index contributed by atoms with van der Waals surface area (Å²) in [6.07, 6.45) is 11.5. The lowest BCUT2D eigenvalue weighted by Gasteiger charge is -2.38. The highest BCUT2D eigenvalue weighted by Crippen LogP contribution is 2.41. The molecule has 6 nitrogen and oxygen atoms in total. The van der Waals surface area contributed by atoms with Crippen molar-refractivity contribution >= 4 is 34.5 Å². The van der Waals surface area contributed by atoms with Gasteiger partial charge in [0.25, 0.3) is 0 Å². The van der Waals surface area contributed by atoms with Crippen molar-refractivity contribution in [2.75, 3.05) is 4.90 Å².